The molecule has 0 saturated carbocycles. The lowest BCUT2D eigenvalue weighted by molar-refractivity contribution is 0.309. The maximum atomic E-state index is 13.7. The van der Waals surface area contributed by atoms with E-state index in [1.54, 1.807) is 24.7 Å². The van der Waals surface area contributed by atoms with Gasteiger partial charge < -0.3 is 14.9 Å². The van der Waals surface area contributed by atoms with Crippen molar-refractivity contribution in [3.05, 3.63) is 47.8 Å². The normalized spacial score (nSPS) is 11.1. The summed E-state index contributed by atoms with van der Waals surface area (Å²) in [6, 6.07) is 4.68. The number of hydrogen-bond donors (Lipinski definition) is 2. The molecule has 0 amide bonds. The Bertz CT molecular complexity index is 556. The van der Waals surface area contributed by atoms with Crippen LogP contribution in [0.3, 0.4) is 0 Å². The summed E-state index contributed by atoms with van der Waals surface area (Å²) in [7, 11) is 0. The number of hydrogen-bond acceptors (Lipinski definition) is 4. The average molecular weight is 277 g/mol. The molecule has 0 spiro atoms. The maximum Gasteiger partial charge on any atom is 0.130 e. The third-order valence-electron chi connectivity index (χ3n) is 2.83. The zero-order valence-electron chi connectivity index (χ0n) is 10.9. The summed E-state index contributed by atoms with van der Waals surface area (Å²) in [5.74, 6) is 0.132. The van der Waals surface area contributed by atoms with E-state index in [9.17, 15) is 4.39 Å². The molecule has 0 saturated heterocycles. The number of aromatic nitrogens is 2. The van der Waals surface area contributed by atoms with Crippen LogP contribution in [0.2, 0.25) is 0 Å². The number of nitrogens with one attached hydrogen (secondary N) is 1. The highest BCUT2D eigenvalue weighted by molar-refractivity contribution is 5.60. The van der Waals surface area contributed by atoms with Gasteiger partial charge in [-0.1, -0.05) is 6.07 Å². The SMILES string of the molecule is ON=CCc1ccc(OCCCc2cnc[nH]2)cc1F. The number of H-pyrrole nitrogens is 1. The molecule has 0 radical (unpaired) electrons. The summed E-state index contributed by atoms with van der Waals surface area (Å²) in [6.07, 6.45) is 6.57. The van der Waals surface area contributed by atoms with Gasteiger partial charge >= 0.3 is 0 Å². The summed E-state index contributed by atoms with van der Waals surface area (Å²) in [5.41, 5.74) is 1.52. The number of aryl methyl sites for hydroxylation is 1. The first-order valence-corrected chi connectivity index (χ1v) is 6.34. The molecule has 0 unspecified atom stereocenters. The molecule has 106 valence electrons. The monoisotopic (exact) mass is 277 g/mol. The molecule has 0 atom stereocenters. The molecule has 2 aromatic rings. The molecular formula is C14H16FN3O2. The van der Waals surface area contributed by atoms with Crippen LogP contribution in [-0.4, -0.2) is 28.0 Å². The van der Waals surface area contributed by atoms with E-state index in [1.807, 2.05) is 0 Å². The zero-order chi connectivity index (χ0) is 14.2. The molecule has 5 nitrogen and oxygen atoms in total. The number of aromatic amines is 1. The summed E-state index contributed by atoms with van der Waals surface area (Å²) in [6.45, 7) is 0.510. The maximum absolute atomic E-state index is 13.7. The van der Waals surface area contributed by atoms with Crippen molar-refractivity contribution < 1.29 is 14.3 Å². The van der Waals surface area contributed by atoms with Crippen molar-refractivity contribution in [2.75, 3.05) is 6.61 Å². The van der Waals surface area contributed by atoms with Gasteiger partial charge in [-0.05, 0) is 24.5 Å². The zero-order valence-corrected chi connectivity index (χ0v) is 10.9. The smallest absolute Gasteiger partial charge is 0.130 e. The lowest BCUT2D eigenvalue weighted by atomic mass is 10.1. The predicted molar refractivity (Wildman–Crippen MR) is 72.8 cm³/mol. The molecule has 1 aromatic heterocycles. The second kappa shape index (κ2) is 7.28. The number of ether oxygens (including phenoxy) is 1. The Kier molecular flexibility index (Phi) is 5.11. The Balaban J connectivity index is 1.79. The summed E-state index contributed by atoms with van der Waals surface area (Å²) >= 11 is 0. The minimum Gasteiger partial charge on any atom is -0.493 e. The van der Waals surface area contributed by atoms with Gasteiger partial charge in [0.15, 0.2) is 0 Å². The van der Waals surface area contributed by atoms with E-state index in [4.69, 9.17) is 9.94 Å². The van der Waals surface area contributed by atoms with Crippen molar-refractivity contribution >= 4 is 6.21 Å². The van der Waals surface area contributed by atoms with Gasteiger partial charge in [0.25, 0.3) is 0 Å². The molecule has 1 aromatic carbocycles. The van der Waals surface area contributed by atoms with Crippen molar-refractivity contribution in [3.8, 4) is 5.75 Å². The molecule has 0 bridgehead atoms. The predicted octanol–water partition coefficient (Wildman–Crippen LogP) is 2.56. The van der Waals surface area contributed by atoms with E-state index in [0.717, 1.165) is 18.5 Å². The Morgan fingerprint density at radius 3 is 3.05 bits per heavy atom. The minimum absolute atomic E-state index is 0.252. The van der Waals surface area contributed by atoms with E-state index in [2.05, 4.69) is 15.1 Å². The molecule has 0 aliphatic carbocycles. The first-order chi connectivity index (χ1) is 9.79. The van der Waals surface area contributed by atoms with E-state index in [0.29, 0.717) is 17.9 Å². The van der Waals surface area contributed by atoms with Crippen molar-refractivity contribution in [1.82, 2.24) is 9.97 Å². The van der Waals surface area contributed by atoms with Crippen LogP contribution >= 0.6 is 0 Å². The standard InChI is InChI=1S/C14H16FN3O2/c15-14-8-13(4-3-11(14)5-6-18-19)20-7-1-2-12-9-16-10-17-12/h3-4,6,8-10,19H,1-2,5,7H2,(H,16,17). The van der Waals surface area contributed by atoms with Gasteiger partial charge in [-0.25, -0.2) is 9.37 Å². The molecule has 2 rings (SSSR count). The van der Waals surface area contributed by atoms with Crippen LogP contribution in [0.5, 0.6) is 5.75 Å². The van der Waals surface area contributed by atoms with Gasteiger partial charge in [0.05, 0.1) is 12.9 Å². The van der Waals surface area contributed by atoms with E-state index in [1.165, 1.54) is 12.3 Å². The molecule has 0 aliphatic rings. The Labute approximate surface area is 116 Å². The van der Waals surface area contributed by atoms with Crippen molar-refractivity contribution in [3.63, 3.8) is 0 Å². The highest BCUT2D eigenvalue weighted by Crippen LogP contribution is 2.17. The fraction of sp³-hybridized carbons (Fsp3) is 0.286. The number of halogens is 1. The van der Waals surface area contributed by atoms with Crippen molar-refractivity contribution in [2.24, 2.45) is 5.16 Å². The van der Waals surface area contributed by atoms with Crippen LogP contribution in [0.4, 0.5) is 4.39 Å². The molecule has 1 heterocycles. The van der Waals surface area contributed by atoms with Gasteiger partial charge in [0.2, 0.25) is 0 Å². The fourth-order valence-corrected chi connectivity index (χ4v) is 1.80. The molecule has 2 N–H and O–H groups in total. The molecule has 20 heavy (non-hydrogen) atoms. The highest BCUT2D eigenvalue weighted by Gasteiger charge is 2.03. The van der Waals surface area contributed by atoms with Crippen LogP contribution < -0.4 is 4.74 Å². The molecule has 0 aliphatic heterocycles. The summed E-state index contributed by atoms with van der Waals surface area (Å²) in [4.78, 5) is 6.94. The molecule has 6 heteroatoms. The van der Waals surface area contributed by atoms with Gasteiger partial charge in [0, 0.05) is 30.6 Å². The second-order valence-electron chi connectivity index (χ2n) is 4.28. The number of nitrogens with zero attached hydrogens (tertiary/aromatic N) is 2. The molecular weight excluding hydrogens is 261 g/mol. The van der Waals surface area contributed by atoms with Crippen LogP contribution in [0.25, 0.3) is 0 Å². The van der Waals surface area contributed by atoms with Gasteiger partial charge in [-0.15, -0.1) is 5.16 Å². The van der Waals surface area contributed by atoms with Crippen LogP contribution in [0, 0.1) is 5.82 Å². The number of oxime groups is 1. The summed E-state index contributed by atoms with van der Waals surface area (Å²) in [5, 5.41) is 11.2. The van der Waals surface area contributed by atoms with Crippen LogP contribution in [0.1, 0.15) is 17.7 Å². The fourth-order valence-electron chi connectivity index (χ4n) is 1.80. The first kappa shape index (κ1) is 14.0. The van der Waals surface area contributed by atoms with Crippen LogP contribution in [0.15, 0.2) is 35.9 Å². The van der Waals surface area contributed by atoms with Crippen molar-refractivity contribution in [1.29, 1.82) is 0 Å². The Hall–Kier alpha value is -2.37. The van der Waals surface area contributed by atoms with Gasteiger partial charge in [-0.3, -0.25) is 0 Å². The van der Waals surface area contributed by atoms with Gasteiger partial charge in [0.1, 0.15) is 11.6 Å². The summed E-state index contributed by atoms with van der Waals surface area (Å²) < 4.78 is 19.2. The first-order valence-electron chi connectivity index (χ1n) is 6.34. The number of imidazole rings is 1. The lowest BCUT2D eigenvalue weighted by Gasteiger charge is -2.07. The van der Waals surface area contributed by atoms with Crippen molar-refractivity contribution in [2.45, 2.75) is 19.3 Å². The minimum atomic E-state index is -0.365. The highest BCUT2D eigenvalue weighted by atomic mass is 19.1. The topological polar surface area (TPSA) is 70.5 Å². The Morgan fingerprint density at radius 2 is 2.35 bits per heavy atom. The third-order valence-corrected chi connectivity index (χ3v) is 2.83. The van der Waals surface area contributed by atoms with E-state index >= 15 is 0 Å². The second-order valence-corrected chi connectivity index (χ2v) is 4.28. The number of rotatable bonds is 7. The Morgan fingerprint density at radius 1 is 1.45 bits per heavy atom. The van der Waals surface area contributed by atoms with Gasteiger partial charge in [-0.2, -0.15) is 0 Å². The lowest BCUT2D eigenvalue weighted by Crippen LogP contribution is -2.01. The van der Waals surface area contributed by atoms with E-state index < -0.39 is 0 Å². The van der Waals surface area contributed by atoms with Crippen LogP contribution in [-0.2, 0) is 12.8 Å². The van der Waals surface area contributed by atoms with E-state index in [-0.39, 0.29) is 12.2 Å². The molecule has 0 fully saturated rings. The largest absolute Gasteiger partial charge is 0.493 e. The third kappa shape index (κ3) is 4.08. The quantitative estimate of drug-likeness (QED) is 0.353. The average Bonchev–Trinajstić information content (AvgIpc) is 2.96. The number of benzene rings is 1.